The molecule has 0 aromatic heterocycles. The summed E-state index contributed by atoms with van der Waals surface area (Å²) in [4.78, 5) is 47.7. The van der Waals surface area contributed by atoms with Crippen LogP contribution in [0.3, 0.4) is 0 Å². The lowest BCUT2D eigenvalue weighted by Gasteiger charge is -2.39. The topological polar surface area (TPSA) is 121 Å². The van der Waals surface area contributed by atoms with E-state index in [0.717, 1.165) is 24.3 Å². The SMILES string of the molecule is NC(=O)[C@H](C(=O)C(=O)O)N(C(=O)c1ccccc1)N1CCCCC1. The number of hydrazine groups is 1. The minimum Gasteiger partial charge on any atom is -0.475 e. The number of amides is 2. The van der Waals surface area contributed by atoms with Crippen LogP contribution in [0.1, 0.15) is 29.6 Å². The van der Waals surface area contributed by atoms with Crippen LogP contribution in [0, 0.1) is 0 Å². The number of carbonyl (C=O) groups is 4. The zero-order valence-electron chi connectivity index (χ0n) is 13.1. The predicted octanol–water partition coefficient (Wildman–Crippen LogP) is 0.0373. The van der Waals surface area contributed by atoms with E-state index in [-0.39, 0.29) is 5.56 Å². The van der Waals surface area contributed by atoms with Gasteiger partial charge in [-0.1, -0.05) is 24.6 Å². The molecule has 0 spiro atoms. The maximum absolute atomic E-state index is 12.8. The number of benzene rings is 1. The van der Waals surface area contributed by atoms with Gasteiger partial charge in [0.05, 0.1) is 0 Å². The van der Waals surface area contributed by atoms with E-state index in [1.54, 1.807) is 18.2 Å². The summed E-state index contributed by atoms with van der Waals surface area (Å²) in [5.41, 5.74) is 5.50. The fraction of sp³-hybridized carbons (Fsp3) is 0.375. The van der Waals surface area contributed by atoms with Gasteiger partial charge in [-0.15, -0.1) is 0 Å². The highest BCUT2D eigenvalue weighted by molar-refractivity contribution is 6.39. The third kappa shape index (κ3) is 3.77. The molecule has 0 bridgehead atoms. The Labute approximate surface area is 138 Å². The summed E-state index contributed by atoms with van der Waals surface area (Å²) in [7, 11) is 0. The molecular formula is C16H19N3O5. The first-order valence-electron chi connectivity index (χ1n) is 7.63. The van der Waals surface area contributed by atoms with Crippen molar-refractivity contribution in [2.75, 3.05) is 13.1 Å². The number of ketones is 1. The molecule has 1 aliphatic rings. The predicted molar refractivity (Wildman–Crippen MR) is 83.7 cm³/mol. The minimum atomic E-state index is -1.87. The van der Waals surface area contributed by atoms with Gasteiger partial charge in [-0.05, 0) is 25.0 Å². The minimum absolute atomic E-state index is 0.243. The van der Waals surface area contributed by atoms with Crippen LogP contribution >= 0.6 is 0 Å². The summed E-state index contributed by atoms with van der Waals surface area (Å²) in [6.07, 6.45) is 2.49. The average Bonchev–Trinajstić information content (AvgIpc) is 2.59. The Kier molecular flexibility index (Phi) is 5.64. The Bertz CT molecular complexity index is 640. The van der Waals surface area contributed by atoms with Crippen molar-refractivity contribution in [3.63, 3.8) is 0 Å². The Morgan fingerprint density at radius 3 is 2.12 bits per heavy atom. The number of rotatable bonds is 6. The number of hydrogen-bond acceptors (Lipinski definition) is 5. The quantitative estimate of drug-likeness (QED) is 0.560. The monoisotopic (exact) mass is 333 g/mol. The van der Waals surface area contributed by atoms with Gasteiger partial charge in [-0.25, -0.2) is 9.80 Å². The van der Waals surface area contributed by atoms with Crippen LogP contribution in [0.5, 0.6) is 0 Å². The molecule has 8 heteroatoms. The van der Waals surface area contributed by atoms with E-state index in [9.17, 15) is 19.2 Å². The molecule has 1 aromatic carbocycles. The van der Waals surface area contributed by atoms with E-state index in [1.807, 2.05) is 0 Å². The van der Waals surface area contributed by atoms with E-state index >= 15 is 0 Å². The molecule has 1 aliphatic heterocycles. The second kappa shape index (κ2) is 7.69. The van der Waals surface area contributed by atoms with Gasteiger partial charge < -0.3 is 10.8 Å². The summed E-state index contributed by atoms with van der Waals surface area (Å²) in [5.74, 6) is -5.02. The zero-order valence-corrected chi connectivity index (χ0v) is 13.1. The van der Waals surface area contributed by atoms with Crippen molar-refractivity contribution in [3.05, 3.63) is 35.9 Å². The number of nitrogens with two attached hydrogens (primary N) is 1. The molecule has 2 amide bonds. The summed E-state index contributed by atoms with van der Waals surface area (Å²) in [6.45, 7) is 0.879. The molecule has 8 nitrogen and oxygen atoms in total. The molecule has 1 atom stereocenters. The number of carbonyl (C=O) groups excluding carboxylic acids is 3. The van der Waals surface area contributed by atoms with Crippen LogP contribution in [0.4, 0.5) is 0 Å². The number of nitrogens with zero attached hydrogens (tertiary/aromatic N) is 2. The number of carboxylic acid groups (broad SMARTS) is 1. The summed E-state index contributed by atoms with van der Waals surface area (Å²) >= 11 is 0. The first-order chi connectivity index (χ1) is 11.4. The normalized spacial score (nSPS) is 16.2. The lowest BCUT2D eigenvalue weighted by Crippen LogP contribution is -2.61. The second-order valence-corrected chi connectivity index (χ2v) is 5.50. The smallest absolute Gasteiger partial charge is 0.375 e. The summed E-state index contributed by atoms with van der Waals surface area (Å²) in [5, 5.41) is 11.4. The first kappa shape index (κ1) is 17.6. The third-order valence-corrected chi connectivity index (χ3v) is 3.84. The number of carboxylic acids is 1. The van der Waals surface area contributed by atoms with Crippen LogP contribution in [0.25, 0.3) is 0 Å². The van der Waals surface area contributed by atoms with Crippen molar-refractivity contribution in [1.29, 1.82) is 0 Å². The van der Waals surface area contributed by atoms with Gasteiger partial charge in [0.2, 0.25) is 5.91 Å². The number of hydrogen-bond donors (Lipinski definition) is 2. The van der Waals surface area contributed by atoms with Gasteiger partial charge in [-0.3, -0.25) is 19.4 Å². The van der Waals surface area contributed by atoms with Gasteiger partial charge >= 0.3 is 5.97 Å². The number of aliphatic carboxylic acids is 1. The summed E-state index contributed by atoms with van der Waals surface area (Å²) in [6, 6.07) is 6.19. The van der Waals surface area contributed by atoms with Crippen LogP contribution < -0.4 is 5.73 Å². The molecule has 1 heterocycles. The molecule has 1 fully saturated rings. The van der Waals surface area contributed by atoms with Gasteiger partial charge in [-0.2, -0.15) is 0 Å². The lowest BCUT2D eigenvalue weighted by atomic mass is 10.1. The van der Waals surface area contributed by atoms with Crippen molar-refractivity contribution < 1.29 is 24.3 Å². The van der Waals surface area contributed by atoms with Gasteiger partial charge in [0.1, 0.15) is 0 Å². The maximum atomic E-state index is 12.8. The first-order valence-corrected chi connectivity index (χ1v) is 7.63. The number of primary amides is 1. The van der Waals surface area contributed by atoms with Crippen LogP contribution in [-0.2, 0) is 14.4 Å². The average molecular weight is 333 g/mol. The largest absolute Gasteiger partial charge is 0.475 e. The number of piperidine rings is 1. The van der Waals surface area contributed by atoms with Crippen molar-refractivity contribution in [2.24, 2.45) is 5.73 Å². The number of Topliss-reactive ketones (excluding diaryl/α,β-unsaturated/α-hetero) is 1. The van der Waals surface area contributed by atoms with E-state index in [2.05, 4.69) is 0 Å². The Hall–Kier alpha value is -2.74. The molecule has 1 aromatic rings. The molecule has 1 saturated heterocycles. The third-order valence-electron chi connectivity index (χ3n) is 3.84. The molecule has 128 valence electrons. The zero-order chi connectivity index (χ0) is 17.7. The molecule has 0 unspecified atom stereocenters. The Morgan fingerprint density at radius 2 is 1.62 bits per heavy atom. The van der Waals surface area contributed by atoms with Crippen LogP contribution in [0.15, 0.2) is 30.3 Å². The molecule has 0 radical (unpaired) electrons. The molecule has 24 heavy (non-hydrogen) atoms. The van der Waals surface area contributed by atoms with Gasteiger partial charge in [0.15, 0.2) is 6.04 Å². The fourth-order valence-corrected chi connectivity index (χ4v) is 2.69. The standard InChI is InChI=1S/C16H19N3O5/c17-14(21)12(13(20)16(23)24)19(18-9-5-2-6-10-18)15(22)11-7-3-1-4-8-11/h1,3-4,7-8,12H,2,5-6,9-10H2,(H2,17,21)(H,23,24)/t12-/m0/s1. The second-order valence-electron chi connectivity index (χ2n) is 5.50. The Morgan fingerprint density at radius 1 is 1.04 bits per heavy atom. The lowest BCUT2D eigenvalue weighted by molar-refractivity contribution is -0.157. The van der Waals surface area contributed by atoms with E-state index in [0.29, 0.717) is 13.1 Å². The van der Waals surface area contributed by atoms with Crippen molar-refractivity contribution >= 4 is 23.6 Å². The van der Waals surface area contributed by atoms with Gasteiger partial charge in [0.25, 0.3) is 11.7 Å². The highest BCUT2D eigenvalue weighted by Crippen LogP contribution is 2.18. The van der Waals surface area contributed by atoms with Crippen molar-refractivity contribution in [2.45, 2.75) is 25.3 Å². The van der Waals surface area contributed by atoms with Crippen molar-refractivity contribution in [1.82, 2.24) is 10.0 Å². The van der Waals surface area contributed by atoms with E-state index in [1.165, 1.54) is 17.1 Å². The van der Waals surface area contributed by atoms with Crippen molar-refractivity contribution in [3.8, 4) is 0 Å². The van der Waals surface area contributed by atoms with E-state index in [4.69, 9.17) is 10.8 Å². The van der Waals surface area contributed by atoms with Gasteiger partial charge in [0, 0.05) is 18.7 Å². The highest BCUT2D eigenvalue weighted by atomic mass is 16.4. The highest BCUT2D eigenvalue weighted by Gasteiger charge is 2.41. The summed E-state index contributed by atoms with van der Waals surface area (Å²) < 4.78 is 0. The molecule has 0 aliphatic carbocycles. The van der Waals surface area contributed by atoms with Crippen LogP contribution in [0.2, 0.25) is 0 Å². The van der Waals surface area contributed by atoms with Crippen LogP contribution in [-0.4, -0.2) is 57.8 Å². The fourth-order valence-electron chi connectivity index (χ4n) is 2.69. The molecule has 0 saturated carbocycles. The molecule has 2 rings (SSSR count). The molecule has 3 N–H and O–H groups in total. The Balaban J connectivity index is 2.44. The van der Waals surface area contributed by atoms with E-state index < -0.39 is 29.6 Å². The maximum Gasteiger partial charge on any atom is 0.375 e. The molecular weight excluding hydrogens is 314 g/mol.